The van der Waals surface area contributed by atoms with Crippen molar-refractivity contribution in [2.45, 2.75) is 6.54 Å². The average molecular weight is 269 g/mol. The van der Waals surface area contributed by atoms with Gasteiger partial charge in [0.05, 0.1) is 5.69 Å². The smallest absolute Gasteiger partial charge is 0.345 e. The van der Waals surface area contributed by atoms with Gasteiger partial charge >= 0.3 is 5.97 Å². The molecule has 3 nitrogen and oxygen atoms in total. The number of hydrogen-bond acceptors (Lipinski definition) is 3. The van der Waals surface area contributed by atoms with Crippen molar-refractivity contribution in [3.8, 4) is 0 Å². The molecule has 0 bridgehead atoms. The molecule has 2 aromatic rings. The minimum Gasteiger partial charge on any atom is -0.477 e. The fourth-order valence-corrected chi connectivity index (χ4v) is 2.19. The Bertz CT molecular complexity index is 583. The highest BCUT2D eigenvalue weighted by molar-refractivity contribution is 7.13. The molecule has 0 saturated heterocycles. The van der Waals surface area contributed by atoms with Crippen LogP contribution in [0.25, 0.3) is 0 Å². The van der Waals surface area contributed by atoms with Crippen LogP contribution in [0, 0.1) is 11.6 Å². The molecule has 0 aliphatic carbocycles. The molecule has 0 aliphatic heterocycles. The van der Waals surface area contributed by atoms with Gasteiger partial charge in [-0.3, -0.25) is 0 Å². The Kier molecular flexibility index (Phi) is 3.57. The van der Waals surface area contributed by atoms with E-state index in [9.17, 15) is 13.6 Å². The molecular formula is C12H9F2NO2S. The number of benzene rings is 1. The van der Waals surface area contributed by atoms with Crippen molar-refractivity contribution in [3.05, 3.63) is 51.7 Å². The zero-order valence-electron chi connectivity index (χ0n) is 9.11. The first-order valence-electron chi connectivity index (χ1n) is 5.07. The van der Waals surface area contributed by atoms with Gasteiger partial charge in [-0.2, -0.15) is 0 Å². The van der Waals surface area contributed by atoms with Crippen molar-refractivity contribution < 1.29 is 18.7 Å². The van der Waals surface area contributed by atoms with E-state index >= 15 is 0 Å². The molecule has 1 aromatic carbocycles. The average Bonchev–Trinajstić information content (AvgIpc) is 2.79. The second-order valence-corrected chi connectivity index (χ2v) is 4.72. The van der Waals surface area contributed by atoms with Crippen molar-refractivity contribution in [2.24, 2.45) is 0 Å². The summed E-state index contributed by atoms with van der Waals surface area (Å²) in [6, 6.07) is 6.24. The molecule has 2 rings (SSSR count). The lowest BCUT2D eigenvalue weighted by Gasteiger charge is -2.05. The monoisotopic (exact) mass is 269 g/mol. The molecule has 0 radical (unpaired) electrons. The van der Waals surface area contributed by atoms with Crippen molar-refractivity contribution in [2.75, 3.05) is 5.32 Å². The Morgan fingerprint density at radius 3 is 2.72 bits per heavy atom. The largest absolute Gasteiger partial charge is 0.477 e. The Balaban J connectivity index is 2.06. The van der Waals surface area contributed by atoms with Crippen molar-refractivity contribution >= 4 is 23.0 Å². The number of thiophene rings is 1. The van der Waals surface area contributed by atoms with E-state index in [0.717, 1.165) is 34.4 Å². The van der Waals surface area contributed by atoms with Crippen LogP contribution in [0.4, 0.5) is 14.5 Å². The summed E-state index contributed by atoms with van der Waals surface area (Å²) in [7, 11) is 0. The Labute approximate surface area is 106 Å². The van der Waals surface area contributed by atoms with E-state index in [2.05, 4.69) is 5.32 Å². The van der Waals surface area contributed by atoms with E-state index in [1.54, 1.807) is 6.07 Å². The van der Waals surface area contributed by atoms with Crippen LogP contribution >= 0.6 is 11.3 Å². The lowest BCUT2D eigenvalue weighted by atomic mass is 10.3. The maximum Gasteiger partial charge on any atom is 0.345 e. The molecule has 2 N–H and O–H groups in total. The number of hydrogen-bond donors (Lipinski definition) is 2. The van der Waals surface area contributed by atoms with E-state index in [0.29, 0.717) is 0 Å². The topological polar surface area (TPSA) is 49.3 Å². The highest BCUT2D eigenvalue weighted by Gasteiger charge is 2.08. The first kappa shape index (κ1) is 12.5. The highest BCUT2D eigenvalue weighted by Crippen LogP contribution is 2.20. The van der Waals surface area contributed by atoms with Crippen LogP contribution in [-0.4, -0.2) is 11.1 Å². The lowest BCUT2D eigenvalue weighted by Crippen LogP contribution is -2.00. The van der Waals surface area contributed by atoms with Gasteiger partial charge in [0.2, 0.25) is 0 Å². The van der Waals surface area contributed by atoms with Crippen molar-refractivity contribution in [3.63, 3.8) is 0 Å². The van der Waals surface area contributed by atoms with Gasteiger partial charge < -0.3 is 10.4 Å². The van der Waals surface area contributed by atoms with E-state index in [-0.39, 0.29) is 17.1 Å². The summed E-state index contributed by atoms with van der Waals surface area (Å²) in [5, 5.41) is 11.5. The minimum absolute atomic E-state index is 0.0558. The van der Waals surface area contributed by atoms with Gasteiger partial charge in [-0.15, -0.1) is 11.3 Å². The van der Waals surface area contributed by atoms with E-state index in [4.69, 9.17) is 5.11 Å². The molecule has 18 heavy (non-hydrogen) atoms. The summed E-state index contributed by atoms with van der Waals surface area (Å²) in [6.45, 7) is 0.248. The number of carboxylic acids is 1. The van der Waals surface area contributed by atoms with Gasteiger partial charge in [-0.1, -0.05) is 0 Å². The van der Waals surface area contributed by atoms with Crippen LogP contribution < -0.4 is 5.32 Å². The first-order valence-corrected chi connectivity index (χ1v) is 5.89. The number of aromatic carboxylic acids is 1. The maximum atomic E-state index is 13.3. The van der Waals surface area contributed by atoms with Gasteiger partial charge in [-0.05, 0) is 30.3 Å². The Hall–Kier alpha value is -1.95. The quantitative estimate of drug-likeness (QED) is 0.895. The van der Waals surface area contributed by atoms with Crippen LogP contribution in [0.15, 0.2) is 30.3 Å². The van der Waals surface area contributed by atoms with Crippen LogP contribution in [0.1, 0.15) is 14.5 Å². The molecule has 0 fully saturated rings. The van der Waals surface area contributed by atoms with Gasteiger partial charge in [0, 0.05) is 11.4 Å². The normalized spacial score (nSPS) is 10.3. The van der Waals surface area contributed by atoms with Gasteiger partial charge in [0.15, 0.2) is 0 Å². The van der Waals surface area contributed by atoms with Crippen LogP contribution in [0.2, 0.25) is 0 Å². The van der Waals surface area contributed by atoms with Gasteiger partial charge in [-0.25, -0.2) is 13.6 Å². The summed E-state index contributed by atoms with van der Waals surface area (Å²) in [6.07, 6.45) is 0. The molecule has 0 atom stereocenters. The zero-order chi connectivity index (χ0) is 13.1. The SMILES string of the molecule is O=C(O)c1ccc(CNc2cc(F)ccc2F)s1. The Morgan fingerprint density at radius 1 is 1.28 bits per heavy atom. The number of rotatable bonds is 4. The molecule has 1 aromatic heterocycles. The Morgan fingerprint density at radius 2 is 2.06 bits per heavy atom. The van der Waals surface area contributed by atoms with Crippen LogP contribution in [0.3, 0.4) is 0 Å². The van der Waals surface area contributed by atoms with E-state index in [1.807, 2.05) is 0 Å². The highest BCUT2D eigenvalue weighted by atomic mass is 32.1. The van der Waals surface area contributed by atoms with E-state index in [1.165, 1.54) is 6.07 Å². The fraction of sp³-hybridized carbons (Fsp3) is 0.0833. The van der Waals surface area contributed by atoms with Gasteiger partial charge in [0.25, 0.3) is 0 Å². The number of nitrogens with one attached hydrogen (secondary N) is 1. The third kappa shape index (κ3) is 2.84. The molecular weight excluding hydrogens is 260 g/mol. The molecule has 0 aliphatic rings. The minimum atomic E-state index is -0.997. The second kappa shape index (κ2) is 5.14. The molecule has 1 heterocycles. The molecule has 0 amide bonds. The third-order valence-electron chi connectivity index (χ3n) is 2.25. The summed E-state index contributed by atoms with van der Waals surface area (Å²) in [5.74, 6) is -2.08. The number of carbonyl (C=O) groups is 1. The van der Waals surface area contributed by atoms with Crippen molar-refractivity contribution in [1.82, 2.24) is 0 Å². The molecule has 0 spiro atoms. The van der Waals surface area contributed by atoms with Gasteiger partial charge in [0.1, 0.15) is 16.5 Å². The first-order chi connectivity index (χ1) is 8.56. The number of carboxylic acid groups (broad SMARTS) is 1. The van der Waals surface area contributed by atoms with E-state index < -0.39 is 17.6 Å². The lowest BCUT2D eigenvalue weighted by molar-refractivity contribution is 0.0702. The third-order valence-corrected chi connectivity index (χ3v) is 3.33. The molecule has 6 heteroatoms. The van der Waals surface area contributed by atoms with Crippen LogP contribution in [-0.2, 0) is 6.54 Å². The maximum absolute atomic E-state index is 13.3. The summed E-state index contributed by atoms with van der Waals surface area (Å²) in [5.41, 5.74) is 0.0558. The van der Waals surface area contributed by atoms with Crippen molar-refractivity contribution in [1.29, 1.82) is 0 Å². The standard InChI is InChI=1S/C12H9F2NO2S/c13-7-1-3-9(14)10(5-7)15-6-8-2-4-11(18-8)12(16)17/h1-5,15H,6H2,(H,16,17). The molecule has 0 saturated carbocycles. The number of anilines is 1. The number of halogens is 2. The predicted molar refractivity (Wildman–Crippen MR) is 65.0 cm³/mol. The summed E-state index contributed by atoms with van der Waals surface area (Å²) in [4.78, 5) is 11.6. The second-order valence-electron chi connectivity index (χ2n) is 3.55. The predicted octanol–water partition coefficient (Wildman–Crippen LogP) is 3.34. The fourth-order valence-electron chi connectivity index (χ4n) is 1.40. The summed E-state index contributed by atoms with van der Waals surface area (Å²) >= 11 is 1.09. The molecule has 0 unspecified atom stereocenters. The zero-order valence-corrected chi connectivity index (χ0v) is 9.93. The molecule has 94 valence electrons. The summed E-state index contributed by atoms with van der Waals surface area (Å²) < 4.78 is 26.2. The van der Waals surface area contributed by atoms with Crippen LogP contribution in [0.5, 0.6) is 0 Å².